The molecule has 1 aromatic heterocycles. The Bertz CT molecular complexity index is 762. The summed E-state index contributed by atoms with van der Waals surface area (Å²) >= 11 is 0. The molecular formula is C16H16F4N4O3. The fourth-order valence-corrected chi connectivity index (χ4v) is 3.27. The molecule has 0 saturated carbocycles. The summed E-state index contributed by atoms with van der Waals surface area (Å²) in [7, 11) is 0. The van der Waals surface area contributed by atoms with E-state index in [0.29, 0.717) is 12.8 Å². The van der Waals surface area contributed by atoms with E-state index in [0.717, 1.165) is 17.2 Å². The molecule has 0 spiro atoms. The minimum absolute atomic E-state index is 0.0947. The highest BCUT2D eigenvalue weighted by Gasteiger charge is 2.45. The molecule has 0 aromatic carbocycles. The molecule has 0 radical (unpaired) electrons. The van der Waals surface area contributed by atoms with E-state index in [4.69, 9.17) is 0 Å². The normalized spacial score (nSPS) is 19.2. The average Bonchev–Trinajstić information content (AvgIpc) is 2.88. The Morgan fingerprint density at radius 2 is 1.85 bits per heavy atom. The smallest absolute Gasteiger partial charge is 0.338 e. The zero-order chi connectivity index (χ0) is 19.8. The largest absolute Gasteiger partial charge is 0.406 e. The van der Waals surface area contributed by atoms with E-state index in [-0.39, 0.29) is 23.6 Å². The minimum atomic E-state index is -4.66. The highest BCUT2D eigenvalue weighted by Crippen LogP contribution is 2.26. The van der Waals surface area contributed by atoms with Crippen LogP contribution in [0.2, 0.25) is 0 Å². The van der Waals surface area contributed by atoms with Crippen molar-refractivity contribution >= 4 is 17.8 Å². The van der Waals surface area contributed by atoms with Crippen molar-refractivity contribution < 1.29 is 31.9 Å². The van der Waals surface area contributed by atoms with Crippen LogP contribution in [0.4, 0.5) is 22.4 Å². The number of pyridine rings is 1. The van der Waals surface area contributed by atoms with E-state index in [1.807, 2.05) is 0 Å². The number of halogens is 4. The molecule has 146 valence electrons. The van der Waals surface area contributed by atoms with Gasteiger partial charge in [-0.05, 0) is 18.9 Å². The highest BCUT2D eigenvalue weighted by molar-refractivity contribution is 6.02. The number of nitrogens with zero attached hydrogens (tertiary/aromatic N) is 4. The van der Waals surface area contributed by atoms with Crippen LogP contribution in [0.3, 0.4) is 0 Å². The van der Waals surface area contributed by atoms with Gasteiger partial charge in [0.25, 0.3) is 11.8 Å². The molecular weight excluding hydrogens is 372 g/mol. The summed E-state index contributed by atoms with van der Waals surface area (Å²) < 4.78 is 50.7. The number of alkyl halides is 3. The van der Waals surface area contributed by atoms with Crippen LogP contribution < -0.4 is 0 Å². The lowest BCUT2D eigenvalue weighted by molar-refractivity contribution is -0.151. The fourth-order valence-electron chi connectivity index (χ4n) is 3.27. The van der Waals surface area contributed by atoms with Crippen LogP contribution in [0.15, 0.2) is 18.5 Å². The van der Waals surface area contributed by atoms with Crippen molar-refractivity contribution in [3.05, 3.63) is 29.8 Å². The van der Waals surface area contributed by atoms with Crippen LogP contribution in [0.25, 0.3) is 0 Å². The minimum Gasteiger partial charge on any atom is -0.338 e. The second-order valence-electron chi connectivity index (χ2n) is 6.42. The van der Waals surface area contributed by atoms with Gasteiger partial charge in [0, 0.05) is 25.3 Å². The van der Waals surface area contributed by atoms with Crippen molar-refractivity contribution in [3.63, 3.8) is 0 Å². The predicted octanol–water partition coefficient (Wildman–Crippen LogP) is 1.65. The molecule has 2 saturated heterocycles. The summed E-state index contributed by atoms with van der Waals surface area (Å²) in [5.41, 5.74) is 0.0947. The fraction of sp³-hybridized carbons (Fsp3) is 0.500. The van der Waals surface area contributed by atoms with Crippen LogP contribution in [-0.4, -0.2) is 75.9 Å². The molecule has 2 aliphatic rings. The first kappa shape index (κ1) is 19.1. The van der Waals surface area contributed by atoms with E-state index in [1.165, 1.54) is 11.1 Å². The predicted molar refractivity (Wildman–Crippen MR) is 83.0 cm³/mol. The number of hydrogen-bond acceptors (Lipinski definition) is 4. The van der Waals surface area contributed by atoms with Crippen molar-refractivity contribution in [2.24, 2.45) is 0 Å². The first-order chi connectivity index (χ1) is 12.7. The van der Waals surface area contributed by atoms with Gasteiger partial charge in [-0.2, -0.15) is 13.2 Å². The number of urea groups is 1. The summed E-state index contributed by atoms with van der Waals surface area (Å²) in [4.78, 5) is 42.7. The van der Waals surface area contributed by atoms with Gasteiger partial charge in [-0.1, -0.05) is 0 Å². The number of likely N-dealkylation sites (tertiary alicyclic amines) is 1. The third-order valence-corrected chi connectivity index (χ3v) is 4.56. The third-order valence-electron chi connectivity index (χ3n) is 4.56. The van der Waals surface area contributed by atoms with Gasteiger partial charge in [0.1, 0.15) is 18.9 Å². The number of aromatic nitrogens is 1. The van der Waals surface area contributed by atoms with Gasteiger partial charge >= 0.3 is 12.2 Å². The van der Waals surface area contributed by atoms with Crippen LogP contribution in [0.1, 0.15) is 23.2 Å². The van der Waals surface area contributed by atoms with Crippen molar-refractivity contribution in [3.8, 4) is 0 Å². The summed E-state index contributed by atoms with van der Waals surface area (Å²) in [6, 6.07) is -0.329. The number of carbonyl (C=O) groups is 3. The molecule has 4 amide bonds. The van der Waals surface area contributed by atoms with Crippen LogP contribution in [-0.2, 0) is 4.79 Å². The first-order valence-electron chi connectivity index (χ1n) is 8.23. The van der Waals surface area contributed by atoms with E-state index in [9.17, 15) is 31.9 Å². The second kappa shape index (κ2) is 7.12. The number of hydrogen-bond donors (Lipinski definition) is 0. The van der Waals surface area contributed by atoms with E-state index < -0.39 is 49.0 Å². The maximum absolute atomic E-state index is 13.2. The lowest BCUT2D eigenvalue weighted by Gasteiger charge is -2.36. The van der Waals surface area contributed by atoms with Gasteiger partial charge in [0.2, 0.25) is 0 Å². The topological polar surface area (TPSA) is 73.8 Å². The van der Waals surface area contributed by atoms with E-state index in [1.54, 1.807) is 0 Å². The van der Waals surface area contributed by atoms with Crippen LogP contribution in [0.5, 0.6) is 0 Å². The Labute approximate surface area is 151 Å². The van der Waals surface area contributed by atoms with Gasteiger partial charge in [-0.3, -0.25) is 19.5 Å². The Balaban J connectivity index is 1.60. The molecule has 1 aromatic rings. The van der Waals surface area contributed by atoms with Crippen LogP contribution >= 0.6 is 0 Å². The van der Waals surface area contributed by atoms with Crippen molar-refractivity contribution in [1.82, 2.24) is 19.7 Å². The Kier molecular flexibility index (Phi) is 5.03. The maximum atomic E-state index is 13.2. The molecule has 7 nitrogen and oxygen atoms in total. The van der Waals surface area contributed by atoms with Crippen molar-refractivity contribution in [1.29, 1.82) is 0 Å². The van der Waals surface area contributed by atoms with Crippen LogP contribution in [0, 0.1) is 5.82 Å². The monoisotopic (exact) mass is 388 g/mol. The third kappa shape index (κ3) is 4.17. The molecule has 27 heavy (non-hydrogen) atoms. The van der Waals surface area contributed by atoms with Gasteiger partial charge in [0.05, 0.1) is 11.8 Å². The lowest BCUT2D eigenvalue weighted by atomic mass is 10.0. The van der Waals surface area contributed by atoms with Gasteiger partial charge in [-0.25, -0.2) is 9.18 Å². The summed E-state index contributed by atoms with van der Waals surface area (Å²) in [6.07, 6.45) is -1.81. The van der Waals surface area contributed by atoms with Gasteiger partial charge in [-0.15, -0.1) is 0 Å². The number of rotatable bonds is 3. The lowest BCUT2D eigenvalue weighted by Crippen LogP contribution is -2.48. The standard InChI is InChI=1S/C16H16F4N4O3/c17-11-5-10(6-21-7-11)14(26)22-3-1-12(2-4-22)23-8-13(25)24(15(23)27)9-16(18,19)20/h5-7,12H,1-4,8-9H2. The average molecular weight is 388 g/mol. The number of piperidine rings is 1. The number of carbonyl (C=O) groups excluding carboxylic acids is 3. The Hall–Kier alpha value is -2.72. The molecule has 0 bridgehead atoms. The quantitative estimate of drug-likeness (QED) is 0.583. The second-order valence-corrected chi connectivity index (χ2v) is 6.42. The van der Waals surface area contributed by atoms with Crippen molar-refractivity contribution in [2.45, 2.75) is 25.1 Å². The molecule has 0 aliphatic carbocycles. The Morgan fingerprint density at radius 3 is 2.44 bits per heavy atom. The zero-order valence-electron chi connectivity index (χ0n) is 14.1. The number of amides is 4. The maximum Gasteiger partial charge on any atom is 0.406 e. The SMILES string of the molecule is O=C(c1cncc(F)c1)N1CCC(N2CC(=O)N(CC(F)(F)F)C2=O)CC1. The molecule has 0 unspecified atom stereocenters. The summed E-state index contributed by atoms with van der Waals surface area (Å²) in [5, 5.41) is 0. The molecule has 2 fully saturated rings. The first-order valence-corrected chi connectivity index (χ1v) is 8.23. The molecule has 0 atom stereocenters. The Morgan fingerprint density at radius 1 is 1.19 bits per heavy atom. The summed E-state index contributed by atoms with van der Waals surface area (Å²) in [5.74, 6) is -1.94. The molecule has 3 heterocycles. The molecule has 11 heteroatoms. The number of imide groups is 1. The molecule has 0 N–H and O–H groups in total. The van der Waals surface area contributed by atoms with Gasteiger partial charge in [0.15, 0.2) is 0 Å². The molecule has 2 aliphatic heterocycles. The summed E-state index contributed by atoms with van der Waals surface area (Å²) in [6.45, 7) is -1.54. The van der Waals surface area contributed by atoms with E-state index in [2.05, 4.69) is 4.98 Å². The zero-order valence-corrected chi connectivity index (χ0v) is 14.1. The van der Waals surface area contributed by atoms with Crippen molar-refractivity contribution in [2.75, 3.05) is 26.2 Å². The highest BCUT2D eigenvalue weighted by atomic mass is 19.4. The van der Waals surface area contributed by atoms with E-state index >= 15 is 0 Å². The van der Waals surface area contributed by atoms with Gasteiger partial charge < -0.3 is 9.80 Å². The molecule has 3 rings (SSSR count).